The van der Waals surface area contributed by atoms with Gasteiger partial charge in [0, 0.05) is 6.42 Å². The van der Waals surface area contributed by atoms with Crippen LogP contribution in [0.2, 0.25) is 0 Å². The van der Waals surface area contributed by atoms with Gasteiger partial charge in [-0.1, -0.05) is 42.5 Å². The van der Waals surface area contributed by atoms with Gasteiger partial charge in [-0.25, -0.2) is 4.79 Å². The maximum Gasteiger partial charge on any atom is 0.328 e. The second kappa shape index (κ2) is 7.98. The Morgan fingerprint density at radius 3 is 2.30 bits per heavy atom. The molecule has 0 bridgehead atoms. The second-order valence-corrected chi connectivity index (χ2v) is 5.18. The standard InChI is InChI=1S/C18H19NO4/c1-23-18(22)16(11-14-7-9-15(20)10-8-14)19-17(21)12-13-5-3-2-4-6-13/h2-10,16,20H,11-12H2,1H3,(H,19,21)/t16-/m1/s1. The summed E-state index contributed by atoms with van der Waals surface area (Å²) >= 11 is 0. The summed E-state index contributed by atoms with van der Waals surface area (Å²) in [5.41, 5.74) is 1.69. The number of ether oxygens (including phenoxy) is 1. The zero-order chi connectivity index (χ0) is 16.7. The molecule has 0 aliphatic heterocycles. The van der Waals surface area contributed by atoms with E-state index in [4.69, 9.17) is 4.74 Å². The number of amides is 1. The lowest BCUT2D eigenvalue weighted by Gasteiger charge is -2.16. The van der Waals surface area contributed by atoms with E-state index < -0.39 is 12.0 Å². The summed E-state index contributed by atoms with van der Waals surface area (Å²) in [6, 6.07) is 15.0. The summed E-state index contributed by atoms with van der Waals surface area (Å²) in [5.74, 6) is -0.596. The Morgan fingerprint density at radius 2 is 1.70 bits per heavy atom. The highest BCUT2D eigenvalue weighted by Gasteiger charge is 2.22. The van der Waals surface area contributed by atoms with Gasteiger partial charge in [0.05, 0.1) is 13.5 Å². The van der Waals surface area contributed by atoms with E-state index in [-0.39, 0.29) is 18.1 Å². The first kappa shape index (κ1) is 16.5. The monoisotopic (exact) mass is 313 g/mol. The average molecular weight is 313 g/mol. The van der Waals surface area contributed by atoms with Crippen molar-refractivity contribution >= 4 is 11.9 Å². The molecule has 5 nitrogen and oxygen atoms in total. The fraction of sp³-hybridized carbons (Fsp3) is 0.222. The molecule has 0 unspecified atom stereocenters. The summed E-state index contributed by atoms with van der Waals surface area (Å²) in [5, 5.41) is 12.0. The molecule has 0 aliphatic carbocycles. The normalized spacial score (nSPS) is 11.5. The van der Waals surface area contributed by atoms with Crippen LogP contribution < -0.4 is 5.32 Å². The van der Waals surface area contributed by atoms with Crippen LogP contribution in [0.4, 0.5) is 0 Å². The first-order valence-electron chi connectivity index (χ1n) is 7.27. The van der Waals surface area contributed by atoms with Crippen molar-refractivity contribution in [3.63, 3.8) is 0 Å². The first-order valence-corrected chi connectivity index (χ1v) is 7.27. The van der Waals surface area contributed by atoms with Crippen molar-refractivity contribution in [1.82, 2.24) is 5.32 Å². The number of hydrogen-bond acceptors (Lipinski definition) is 4. The predicted octanol–water partition coefficient (Wildman–Crippen LogP) is 1.84. The Bertz CT molecular complexity index is 652. The topological polar surface area (TPSA) is 75.6 Å². The smallest absolute Gasteiger partial charge is 0.328 e. The van der Waals surface area contributed by atoms with Crippen LogP contribution in [0, 0.1) is 0 Å². The quantitative estimate of drug-likeness (QED) is 0.798. The van der Waals surface area contributed by atoms with Crippen molar-refractivity contribution in [1.29, 1.82) is 0 Å². The molecular weight excluding hydrogens is 294 g/mol. The molecule has 0 fully saturated rings. The van der Waals surface area contributed by atoms with Crippen LogP contribution in [-0.4, -0.2) is 30.1 Å². The van der Waals surface area contributed by atoms with E-state index in [2.05, 4.69) is 5.32 Å². The van der Waals surface area contributed by atoms with Crippen LogP contribution in [0.5, 0.6) is 5.75 Å². The molecule has 1 amide bonds. The SMILES string of the molecule is COC(=O)[C@@H](Cc1ccc(O)cc1)NC(=O)Cc1ccccc1. The average Bonchev–Trinajstić information content (AvgIpc) is 2.56. The number of rotatable bonds is 6. The molecule has 0 spiro atoms. The van der Waals surface area contributed by atoms with Crippen LogP contribution in [0.3, 0.4) is 0 Å². The van der Waals surface area contributed by atoms with Gasteiger partial charge in [0.25, 0.3) is 0 Å². The lowest BCUT2D eigenvalue weighted by molar-refractivity contribution is -0.145. The lowest BCUT2D eigenvalue weighted by atomic mass is 10.0. The Morgan fingerprint density at radius 1 is 1.04 bits per heavy atom. The third-order valence-electron chi connectivity index (χ3n) is 3.40. The molecule has 0 saturated heterocycles. The van der Waals surface area contributed by atoms with E-state index in [0.717, 1.165) is 11.1 Å². The minimum atomic E-state index is -0.763. The Labute approximate surface area is 134 Å². The van der Waals surface area contributed by atoms with Crippen molar-refractivity contribution in [3.8, 4) is 5.75 Å². The first-order chi connectivity index (χ1) is 11.1. The van der Waals surface area contributed by atoms with Gasteiger partial charge in [0.15, 0.2) is 0 Å². The van der Waals surface area contributed by atoms with Crippen LogP contribution >= 0.6 is 0 Å². The number of phenols is 1. The number of carbonyl (C=O) groups is 2. The molecule has 120 valence electrons. The fourth-order valence-electron chi connectivity index (χ4n) is 2.23. The molecule has 5 heteroatoms. The molecule has 0 aliphatic rings. The highest BCUT2D eigenvalue weighted by Crippen LogP contribution is 2.12. The number of methoxy groups -OCH3 is 1. The maximum atomic E-state index is 12.1. The molecule has 2 aromatic carbocycles. The summed E-state index contributed by atoms with van der Waals surface area (Å²) in [6.45, 7) is 0. The van der Waals surface area contributed by atoms with Crippen molar-refractivity contribution < 1.29 is 19.4 Å². The minimum Gasteiger partial charge on any atom is -0.508 e. The van der Waals surface area contributed by atoms with Crippen LogP contribution in [0.1, 0.15) is 11.1 Å². The van der Waals surface area contributed by atoms with Crippen molar-refractivity contribution in [2.24, 2.45) is 0 Å². The predicted molar refractivity (Wildman–Crippen MR) is 85.9 cm³/mol. The Kier molecular flexibility index (Phi) is 5.74. The second-order valence-electron chi connectivity index (χ2n) is 5.18. The number of nitrogens with one attached hydrogen (secondary N) is 1. The van der Waals surface area contributed by atoms with Gasteiger partial charge in [0.1, 0.15) is 11.8 Å². The van der Waals surface area contributed by atoms with Gasteiger partial charge in [-0.3, -0.25) is 4.79 Å². The van der Waals surface area contributed by atoms with Crippen LogP contribution in [-0.2, 0) is 27.2 Å². The van der Waals surface area contributed by atoms with Gasteiger partial charge in [-0.05, 0) is 23.3 Å². The molecule has 2 aromatic rings. The summed E-state index contributed by atoms with van der Waals surface area (Å²) in [4.78, 5) is 24.0. The van der Waals surface area contributed by atoms with E-state index in [0.29, 0.717) is 6.42 Å². The third kappa shape index (κ3) is 5.14. The molecule has 0 heterocycles. The number of carbonyl (C=O) groups excluding carboxylic acids is 2. The van der Waals surface area contributed by atoms with E-state index in [1.54, 1.807) is 12.1 Å². The van der Waals surface area contributed by atoms with Crippen molar-refractivity contribution in [3.05, 3.63) is 65.7 Å². The fourth-order valence-corrected chi connectivity index (χ4v) is 2.23. The van der Waals surface area contributed by atoms with E-state index in [1.807, 2.05) is 30.3 Å². The van der Waals surface area contributed by atoms with Gasteiger partial charge in [0.2, 0.25) is 5.91 Å². The van der Waals surface area contributed by atoms with Gasteiger partial charge in [-0.2, -0.15) is 0 Å². The lowest BCUT2D eigenvalue weighted by Crippen LogP contribution is -2.43. The molecule has 23 heavy (non-hydrogen) atoms. The Hall–Kier alpha value is -2.82. The highest BCUT2D eigenvalue weighted by atomic mass is 16.5. The zero-order valence-corrected chi connectivity index (χ0v) is 12.9. The number of benzene rings is 2. The van der Waals surface area contributed by atoms with Crippen LogP contribution in [0.25, 0.3) is 0 Å². The third-order valence-corrected chi connectivity index (χ3v) is 3.40. The van der Waals surface area contributed by atoms with Crippen LogP contribution in [0.15, 0.2) is 54.6 Å². The van der Waals surface area contributed by atoms with Gasteiger partial charge < -0.3 is 15.2 Å². The molecule has 2 rings (SSSR count). The van der Waals surface area contributed by atoms with Crippen molar-refractivity contribution in [2.75, 3.05) is 7.11 Å². The molecule has 0 radical (unpaired) electrons. The molecule has 2 N–H and O–H groups in total. The largest absolute Gasteiger partial charge is 0.508 e. The summed E-state index contributed by atoms with van der Waals surface area (Å²) in [6.07, 6.45) is 0.497. The number of esters is 1. The Balaban J connectivity index is 2.02. The van der Waals surface area contributed by atoms with Gasteiger partial charge >= 0.3 is 5.97 Å². The molecule has 0 aromatic heterocycles. The van der Waals surface area contributed by atoms with Crippen molar-refractivity contribution in [2.45, 2.75) is 18.9 Å². The number of aromatic hydroxyl groups is 1. The minimum absolute atomic E-state index is 0.150. The number of phenolic OH excluding ortho intramolecular Hbond substituents is 1. The number of hydrogen-bond donors (Lipinski definition) is 2. The maximum absolute atomic E-state index is 12.1. The summed E-state index contributed by atoms with van der Waals surface area (Å²) in [7, 11) is 1.29. The molecular formula is C18H19NO4. The zero-order valence-electron chi connectivity index (χ0n) is 12.9. The molecule has 1 atom stereocenters. The highest BCUT2D eigenvalue weighted by molar-refractivity contribution is 5.85. The van der Waals surface area contributed by atoms with E-state index in [9.17, 15) is 14.7 Å². The molecule has 0 saturated carbocycles. The van der Waals surface area contributed by atoms with Gasteiger partial charge in [-0.15, -0.1) is 0 Å². The van der Waals surface area contributed by atoms with E-state index in [1.165, 1.54) is 19.2 Å². The summed E-state index contributed by atoms with van der Waals surface area (Å²) < 4.78 is 4.76. The van der Waals surface area contributed by atoms with E-state index >= 15 is 0 Å².